The molecule has 3 aromatic rings. The van der Waals surface area contributed by atoms with E-state index >= 15 is 0 Å². The highest BCUT2D eigenvalue weighted by Gasteiger charge is 2.20. The quantitative estimate of drug-likeness (QED) is 0.726. The second-order valence-corrected chi connectivity index (χ2v) is 6.09. The van der Waals surface area contributed by atoms with Crippen molar-refractivity contribution in [1.29, 1.82) is 0 Å². The van der Waals surface area contributed by atoms with Crippen molar-refractivity contribution in [3.63, 3.8) is 0 Å². The van der Waals surface area contributed by atoms with Crippen molar-refractivity contribution in [2.24, 2.45) is 0 Å². The summed E-state index contributed by atoms with van der Waals surface area (Å²) >= 11 is 0. The molecule has 2 aromatic carbocycles. The number of nitrogens with zero attached hydrogens (tertiary/aromatic N) is 1. The van der Waals surface area contributed by atoms with Crippen molar-refractivity contribution in [2.75, 3.05) is 4.72 Å². The lowest BCUT2D eigenvalue weighted by Gasteiger charge is -2.09. The zero-order valence-corrected chi connectivity index (χ0v) is 11.6. The van der Waals surface area contributed by atoms with Crippen molar-refractivity contribution >= 4 is 26.7 Å². The van der Waals surface area contributed by atoms with Crippen LogP contribution < -0.4 is 4.72 Å². The van der Waals surface area contributed by atoms with E-state index in [1.165, 1.54) is 24.5 Å². The minimum absolute atomic E-state index is 0.173. The molecule has 0 fully saturated rings. The molecule has 2 N–H and O–H groups in total. The van der Waals surface area contributed by atoms with E-state index in [1.807, 2.05) is 4.72 Å². The smallest absolute Gasteiger partial charge is 0.262 e. The number of benzene rings is 2. The highest BCUT2D eigenvalue weighted by Crippen LogP contribution is 2.24. The minimum atomic E-state index is -4.16. The van der Waals surface area contributed by atoms with Gasteiger partial charge in [-0.05, 0) is 30.3 Å². The number of aromatic amines is 1. The van der Waals surface area contributed by atoms with Gasteiger partial charge in [-0.1, -0.05) is 0 Å². The van der Waals surface area contributed by atoms with Gasteiger partial charge >= 0.3 is 0 Å². The number of anilines is 1. The molecule has 0 unspecified atom stereocenters. The maximum atomic E-state index is 13.6. The van der Waals surface area contributed by atoms with Gasteiger partial charge in [0.15, 0.2) is 17.5 Å². The van der Waals surface area contributed by atoms with Crippen molar-refractivity contribution in [2.45, 2.75) is 4.90 Å². The molecule has 0 aliphatic heterocycles. The molecule has 22 heavy (non-hydrogen) atoms. The summed E-state index contributed by atoms with van der Waals surface area (Å²) in [4.78, 5) is 6.50. The molecule has 0 radical (unpaired) electrons. The number of halogens is 3. The van der Waals surface area contributed by atoms with Crippen LogP contribution in [0.3, 0.4) is 0 Å². The Balaban J connectivity index is 2.01. The average molecular weight is 327 g/mol. The number of hydrogen-bond donors (Lipinski definition) is 2. The standard InChI is InChI=1S/C13H8F3N3O2S/c14-8-2-4-10(13(16)12(8)15)19-22(20,21)7-1-3-9-11(5-7)18-6-17-9/h1-6,19H,(H,17,18). The number of hydrogen-bond acceptors (Lipinski definition) is 3. The van der Waals surface area contributed by atoms with Crippen molar-refractivity contribution in [1.82, 2.24) is 9.97 Å². The largest absolute Gasteiger partial charge is 0.345 e. The molecule has 0 amide bonds. The van der Waals surface area contributed by atoms with Crippen LogP contribution in [0.2, 0.25) is 0 Å². The first-order valence-electron chi connectivity index (χ1n) is 5.98. The van der Waals surface area contributed by atoms with Crippen LogP contribution in [0.25, 0.3) is 11.0 Å². The molecule has 0 saturated heterocycles. The number of nitrogens with one attached hydrogen (secondary N) is 2. The summed E-state index contributed by atoms with van der Waals surface area (Å²) in [5.41, 5.74) is 0.343. The Morgan fingerprint density at radius 1 is 1.05 bits per heavy atom. The second-order valence-electron chi connectivity index (χ2n) is 4.41. The fourth-order valence-electron chi connectivity index (χ4n) is 1.89. The van der Waals surface area contributed by atoms with Crippen LogP contribution >= 0.6 is 0 Å². The molecule has 0 atom stereocenters. The fourth-order valence-corrected chi connectivity index (χ4v) is 2.98. The van der Waals surface area contributed by atoms with Gasteiger partial charge in [0.05, 0.1) is 27.9 Å². The van der Waals surface area contributed by atoms with Crippen molar-refractivity contribution in [3.8, 4) is 0 Å². The Morgan fingerprint density at radius 3 is 2.59 bits per heavy atom. The van der Waals surface area contributed by atoms with Crippen molar-refractivity contribution < 1.29 is 21.6 Å². The summed E-state index contributed by atoms with van der Waals surface area (Å²) in [6, 6.07) is 5.46. The molecular weight excluding hydrogens is 319 g/mol. The van der Waals surface area contributed by atoms with E-state index in [9.17, 15) is 21.6 Å². The van der Waals surface area contributed by atoms with E-state index in [0.29, 0.717) is 17.1 Å². The molecule has 0 spiro atoms. The lowest BCUT2D eigenvalue weighted by Crippen LogP contribution is -2.14. The van der Waals surface area contributed by atoms with Gasteiger partial charge < -0.3 is 4.98 Å². The van der Waals surface area contributed by atoms with Gasteiger partial charge in [0, 0.05) is 0 Å². The number of imidazole rings is 1. The van der Waals surface area contributed by atoms with Crippen LogP contribution in [0.1, 0.15) is 0 Å². The summed E-state index contributed by atoms with van der Waals surface area (Å²) in [7, 11) is -4.16. The maximum absolute atomic E-state index is 13.6. The van der Waals surface area contributed by atoms with Crippen molar-refractivity contribution in [3.05, 3.63) is 54.1 Å². The molecule has 9 heteroatoms. The molecule has 1 aromatic heterocycles. The predicted molar refractivity (Wildman–Crippen MR) is 73.2 cm³/mol. The number of aromatic nitrogens is 2. The lowest BCUT2D eigenvalue weighted by molar-refractivity contribution is 0.449. The second kappa shape index (κ2) is 5.02. The molecule has 114 valence electrons. The molecule has 0 aliphatic rings. The Hall–Kier alpha value is -2.55. The van der Waals surface area contributed by atoms with Crippen LogP contribution in [0.4, 0.5) is 18.9 Å². The van der Waals surface area contributed by atoms with Crippen LogP contribution in [-0.2, 0) is 10.0 Å². The third kappa shape index (κ3) is 2.39. The molecule has 0 bridgehead atoms. The van der Waals surface area contributed by atoms with Gasteiger partial charge in [0.25, 0.3) is 10.0 Å². The van der Waals surface area contributed by atoms with Gasteiger partial charge in [0.2, 0.25) is 0 Å². The van der Waals surface area contributed by atoms with E-state index in [-0.39, 0.29) is 4.90 Å². The number of sulfonamides is 1. The number of rotatable bonds is 3. The highest BCUT2D eigenvalue weighted by molar-refractivity contribution is 7.92. The van der Waals surface area contributed by atoms with Gasteiger partial charge in [-0.3, -0.25) is 4.72 Å². The maximum Gasteiger partial charge on any atom is 0.262 e. The zero-order valence-electron chi connectivity index (χ0n) is 10.8. The van der Waals surface area contributed by atoms with Gasteiger partial charge in [0.1, 0.15) is 0 Å². The molecular formula is C13H8F3N3O2S. The highest BCUT2D eigenvalue weighted by atomic mass is 32.2. The summed E-state index contributed by atoms with van der Waals surface area (Å²) in [6.07, 6.45) is 1.39. The Labute approximate surface area is 122 Å². The molecule has 3 rings (SSSR count). The summed E-state index contributed by atoms with van der Waals surface area (Å²) in [6.45, 7) is 0. The van der Waals surface area contributed by atoms with E-state index < -0.39 is 33.2 Å². The Morgan fingerprint density at radius 2 is 1.82 bits per heavy atom. The topological polar surface area (TPSA) is 74.8 Å². The minimum Gasteiger partial charge on any atom is -0.345 e. The number of H-pyrrole nitrogens is 1. The Bertz CT molecular complexity index is 970. The first-order chi connectivity index (χ1) is 10.4. The third-order valence-electron chi connectivity index (χ3n) is 2.98. The molecule has 0 aliphatic carbocycles. The summed E-state index contributed by atoms with van der Waals surface area (Å²) in [5, 5.41) is 0. The monoisotopic (exact) mass is 327 g/mol. The third-order valence-corrected chi connectivity index (χ3v) is 4.34. The van der Waals surface area contributed by atoms with E-state index in [0.717, 1.165) is 6.07 Å². The first-order valence-corrected chi connectivity index (χ1v) is 7.46. The molecule has 5 nitrogen and oxygen atoms in total. The summed E-state index contributed by atoms with van der Waals surface area (Å²) in [5.74, 6) is -4.75. The normalized spacial score (nSPS) is 11.8. The fraction of sp³-hybridized carbons (Fsp3) is 0. The summed E-state index contributed by atoms with van der Waals surface area (Å²) < 4.78 is 65.8. The lowest BCUT2D eigenvalue weighted by atomic mass is 10.3. The van der Waals surface area contributed by atoms with E-state index in [1.54, 1.807) is 0 Å². The molecule has 1 heterocycles. The SMILES string of the molecule is O=S(=O)(Nc1ccc(F)c(F)c1F)c1ccc2nc[nH]c2c1. The van der Waals surface area contributed by atoms with Crippen LogP contribution in [0.15, 0.2) is 41.6 Å². The van der Waals surface area contributed by atoms with E-state index in [2.05, 4.69) is 9.97 Å². The zero-order chi connectivity index (χ0) is 15.9. The van der Waals surface area contributed by atoms with E-state index in [4.69, 9.17) is 0 Å². The van der Waals surface area contributed by atoms with Gasteiger partial charge in [-0.25, -0.2) is 26.6 Å². The predicted octanol–water partition coefficient (Wildman–Crippen LogP) is 2.78. The number of fused-ring (bicyclic) bond motifs is 1. The van der Waals surface area contributed by atoms with Gasteiger partial charge in [-0.15, -0.1) is 0 Å². The Kier molecular flexibility index (Phi) is 3.28. The van der Waals surface area contributed by atoms with Gasteiger partial charge in [-0.2, -0.15) is 0 Å². The average Bonchev–Trinajstić information content (AvgIpc) is 2.95. The van der Waals surface area contributed by atoms with Crippen LogP contribution in [0, 0.1) is 17.5 Å². The first kappa shape index (κ1) is 14.4. The van der Waals surface area contributed by atoms with Crippen LogP contribution in [-0.4, -0.2) is 18.4 Å². The molecule has 0 saturated carbocycles. The van der Waals surface area contributed by atoms with Crippen LogP contribution in [0.5, 0.6) is 0 Å².